The van der Waals surface area contributed by atoms with Gasteiger partial charge in [-0.2, -0.15) is 0 Å². The summed E-state index contributed by atoms with van der Waals surface area (Å²) in [5.74, 6) is -3.24. The van der Waals surface area contributed by atoms with Gasteiger partial charge in [0, 0.05) is 72.1 Å². The molecule has 4 heterocycles. The highest BCUT2D eigenvalue weighted by Gasteiger charge is 2.19. The lowest BCUT2D eigenvalue weighted by Crippen LogP contribution is -2.14. The van der Waals surface area contributed by atoms with Crippen LogP contribution in [0.15, 0.2) is 177 Å². The number of carbonyl (C=O) groups excluding carboxylic acids is 2. The molecule has 0 unspecified atom stereocenters. The van der Waals surface area contributed by atoms with Crippen LogP contribution in [-0.4, -0.2) is 66.8 Å². The molecule has 0 aliphatic rings. The highest BCUT2D eigenvalue weighted by atomic mass is 35.5. The number of nitrogens with one attached hydrogen (secondary N) is 3. The minimum Gasteiger partial charge on any atom is -0.478 e. The zero-order chi connectivity index (χ0) is 55.6. The first kappa shape index (κ1) is 52.3. The fourth-order valence-corrected chi connectivity index (χ4v) is 9.85. The summed E-state index contributed by atoms with van der Waals surface area (Å²) < 4.78 is 11.6. The number of carboxylic acids is 2. The molecule has 5 N–H and O–H groups in total. The van der Waals surface area contributed by atoms with Crippen molar-refractivity contribution >= 4 is 123 Å². The number of pyridine rings is 4. The summed E-state index contributed by atoms with van der Waals surface area (Å²) in [4.78, 5) is 109. The van der Waals surface area contributed by atoms with Gasteiger partial charge in [0.2, 0.25) is 0 Å². The molecular formula is C62H45ClN4O12. The number of rotatable bonds is 9. The van der Waals surface area contributed by atoms with E-state index in [9.17, 15) is 48.6 Å². The third kappa shape index (κ3) is 10.2. The Morgan fingerprint density at radius 3 is 1.22 bits per heavy atom. The Morgan fingerprint density at radius 2 is 0.785 bits per heavy atom. The number of carbonyl (C=O) groups is 4. The predicted molar refractivity (Wildman–Crippen MR) is 306 cm³/mol. The van der Waals surface area contributed by atoms with E-state index in [0.717, 1.165) is 17.1 Å². The molecule has 0 fully saturated rings. The number of ether oxygens (including phenoxy) is 2. The van der Waals surface area contributed by atoms with Crippen molar-refractivity contribution in [2.45, 2.75) is 26.3 Å². The number of H-pyrrole nitrogens is 3. The Morgan fingerprint density at radius 1 is 0.418 bits per heavy atom. The Kier molecular flexibility index (Phi) is 14.4. The van der Waals surface area contributed by atoms with E-state index in [1.807, 2.05) is 47.0 Å². The molecule has 0 aliphatic carbocycles. The van der Waals surface area contributed by atoms with Crippen molar-refractivity contribution in [1.29, 1.82) is 0 Å². The summed E-state index contributed by atoms with van der Waals surface area (Å²) in [6.07, 6.45) is 0. The van der Waals surface area contributed by atoms with Crippen LogP contribution < -0.4 is 21.7 Å². The number of benzene rings is 8. The molecule has 0 saturated carbocycles. The van der Waals surface area contributed by atoms with Crippen molar-refractivity contribution < 1.29 is 38.9 Å². The molecule has 12 rings (SSSR count). The number of alkyl halides is 1. The van der Waals surface area contributed by atoms with Crippen LogP contribution in [0.2, 0.25) is 0 Å². The molecule has 0 spiro atoms. The first-order valence-corrected chi connectivity index (χ1v) is 25.3. The third-order valence-electron chi connectivity index (χ3n) is 13.3. The number of halogens is 1. The van der Waals surface area contributed by atoms with E-state index >= 15 is 0 Å². The number of aromatic carboxylic acids is 2. The van der Waals surface area contributed by atoms with Gasteiger partial charge in [0.15, 0.2) is 21.7 Å². The van der Waals surface area contributed by atoms with Gasteiger partial charge in [-0.3, -0.25) is 19.2 Å². The number of fused-ring (bicyclic) bond motifs is 8. The topological polar surface area (TPSA) is 248 Å². The van der Waals surface area contributed by atoms with E-state index < -0.39 is 23.9 Å². The maximum absolute atomic E-state index is 13.5. The summed E-state index contributed by atoms with van der Waals surface area (Å²) in [7, 11) is 0. The molecule has 0 aliphatic heterocycles. The zero-order valence-electron chi connectivity index (χ0n) is 42.1. The molecular weight excluding hydrogens is 1030 g/mol. The fourth-order valence-electron chi connectivity index (χ4n) is 9.70. The van der Waals surface area contributed by atoms with Gasteiger partial charge >= 0.3 is 23.9 Å². The van der Waals surface area contributed by atoms with Crippen molar-refractivity contribution in [3.05, 3.63) is 232 Å². The van der Waals surface area contributed by atoms with E-state index in [1.54, 1.807) is 105 Å². The second-order valence-electron chi connectivity index (χ2n) is 18.3. The molecule has 392 valence electrons. The third-order valence-corrected chi connectivity index (χ3v) is 13.6. The number of aromatic amines is 3. The van der Waals surface area contributed by atoms with Gasteiger partial charge in [-0.05, 0) is 134 Å². The first-order valence-electron chi connectivity index (χ1n) is 24.8. The molecule has 0 atom stereocenters. The van der Waals surface area contributed by atoms with Crippen molar-refractivity contribution in [3.8, 4) is 0 Å². The van der Waals surface area contributed by atoms with Crippen molar-refractivity contribution in [1.82, 2.24) is 19.5 Å². The van der Waals surface area contributed by atoms with Gasteiger partial charge in [-0.15, -0.1) is 11.6 Å². The number of aromatic nitrogens is 4. The second kappa shape index (κ2) is 21.8. The molecule has 16 nitrogen and oxygen atoms in total. The van der Waals surface area contributed by atoms with Crippen LogP contribution in [0.4, 0.5) is 0 Å². The number of para-hydroxylation sites is 4. The van der Waals surface area contributed by atoms with E-state index in [4.69, 9.17) is 21.1 Å². The van der Waals surface area contributed by atoms with Gasteiger partial charge in [-0.25, -0.2) is 19.2 Å². The van der Waals surface area contributed by atoms with Crippen LogP contribution in [0.5, 0.6) is 0 Å². The highest BCUT2D eigenvalue weighted by molar-refractivity contribution is 6.17. The minimum atomic E-state index is -1.25. The van der Waals surface area contributed by atoms with Crippen LogP contribution in [-0.2, 0) is 21.9 Å². The van der Waals surface area contributed by atoms with Crippen molar-refractivity contribution in [2.24, 2.45) is 0 Å². The number of nitrogens with zero attached hydrogens (tertiary/aromatic N) is 1. The average molecular weight is 1070 g/mol. The molecule has 4 aromatic heterocycles. The Labute approximate surface area is 450 Å². The first-order chi connectivity index (χ1) is 38.1. The SMILES string of the molecule is CCOC(=O)c1cc(CCl)cc(C(=O)OCC)c1.O=C(O)c1cc(Cn2c3ccccc3c(=O)c3cc4[nH]c5ccccc5c(=O)c4cc32)cc(C(=O)O)c1.O=c1c2ccccc2[nH]c2cc3c(=O)c4ccccc4[nH]c3cc12. The second-order valence-corrected chi connectivity index (χ2v) is 18.6. The number of hydrogen-bond acceptors (Lipinski definition) is 10. The molecule has 79 heavy (non-hydrogen) atoms. The van der Waals surface area contributed by atoms with Gasteiger partial charge in [-0.1, -0.05) is 48.5 Å². The normalized spacial score (nSPS) is 11.2. The van der Waals surface area contributed by atoms with Gasteiger partial charge in [0.05, 0.1) is 63.1 Å². The van der Waals surface area contributed by atoms with Gasteiger partial charge in [0.1, 0.15) is 0 Å². The van der Waals surface area contributed by atoms with Crippen LogP contribution in [0.3, 0.4) is 0 Å². The smallest absolute Gasteiger partial charge is 0.338 e. The monoisotopic (exact) mass is 1070 g/mol. The number of esters is 2. The molecule has 12 aromatic rings. The van der Waals surface area contributed by atoms with Gasteiger partial charge < -0.3 is 39.2 Å². The molecule has 0 saturated heterocycles. The largest absolute Gasteiger partial charge is 0.478 e. The highest BCUT2D eigenvalue weighted by Crippen LogP contribution is 2.27. The lowest BCUT2D eigenvalue weighted by atomic mass is 10.0. The number of carboxylic acid groups (broad SMARTS) is 2. The lowest BCUT2D eigenvalue weighted by Gasteiger charge is -2.17. The number of hydrogen-bond donors (Lipinski definition) is 5. The van der Waals surface area contributed by atoms with E-state index in [2.05, 4.69) is 15.0 Å². The van der Waals surface area contributed by atoms with E-state index in [1.165, 1.54) is 18.2 Å². The maximum Gasteiger partial charge on any atom is 0.338 e. The molecule has 0 radical (unpaired) electrons. The van der Waals surface area contributed by atoms with E-state index in [-0.39, 0.29) is 58.5 Å². The van der Waals surface area contributed by atoms with Gasteiger partial charge in [0.25, 0.3) is 0 Å². The molecule has 0 bridgehead atoms. The maximum atomic E-state index is 13.5. The Hall–Kier alpha value is -10.2. The van der Waals surface area contributed by atoms with E-state index in [0.29, 0.717) is 98.4 Å². The van der Waals surface area contributed by atoms with Crippen LogP contribution in [0.1, 0.15) is 66.4 Å². The van der Waals surface area contributed by atoms with Crippen LogP contribution in [0.25, 0.3) is 87.2 Å². The summed E-state index contributed by atoms with van der Waals surface area (Å²) in [6.45, 7) is 4.07. The minimum absolute atomic E-state index is 0.0322. The lowest BCUT2D eigenvalue weighted by molar-refractivity contribution is 0.0522. The van der Waals surface area contributed by atoms with Crippen molar-refractivity contribution in [3.63, 3.8) is 0 Å². The average Bonchev–Trinajstić information content (AvgIpc) is 3.62. The predicted octanol–water partition coefficient (Wildman–Crippen LogP) is 11.0. The van der Waals surface area contributed by atoms with Crippen molar-refractivity contribution in [2.75, 3.05) is 13.2 Å². The standard InChI is InChI=1S/C29H18N2O6.C20H12N2O2.C13H15ClO4/c32-26-18-5-1-3-7-22(18)30-23-12-21-25(13-20(23)26)31(24-8-4-2-6-19(24)27(21)33)14-15-9-16(28(34)35)11-17(10-15)29(36)37;23-19-11-5-1-3-7-15(11)21-17-10-14-18(9-13(17)19)22-16-8-4-2-6-12(16)20(14)24;1-3-17-12(15)10-5-9(8-14)6-11(7-10)13(16)18-4-2/h1-13H,14H2,(H,30,32)(H,34,35)(H,36,37);1-10H,(H,21,23)(H,22,24);5-7H,3-4,8H2,1-2H3. The molecule has 0 amide bonds. The fraction of sp³-hybridized carbons (Fsp3) is 0.0968. The Bertz CT molecular complexity index is 4590. The molecule has 17 heteroatoms. The van der Waals surface area contributed by atoms with Crippen LogP contribution >= 0.6 is 11.6 Å². The molecule has 8 aromatic carbocycles. The summed E-state index contributed by atoms with van der Waals surface area (Å²) in [5, 5.41) is 23.2. The Balaban J connectivity index is 0.000000144. The van der Waals surface area contributed by atoms with Crippen LogP contribution in [0, 0.1) is 0 Å². The summed E-state index contributed by atoms with van der Waals surface area (Å²) in [6, 6.07) is 44.4. The zero-order valence-corrected chi connectivity index (χ0v) is 42.9. The summed E-state index contributed by atoms with van der Waals surface area (Å²) >= 11 is 5.73. The quantitative estimate of drug-likeness (QED) is 0.0514. The summed E-state index contributed by atoms with van der Waals surface area (Å²) in [5.41, 5.74) is 6.08.